The van der Waals surface area contributed by atoms with Crippen LogP contribution in [0, 0.1) is 0 Å². The van der Waals surface area contributed by atoms with E-state index in [1.165, 1.54) is 15.6 Å². The van der Waals surface area contributed by atoms with Gasteiger partial charge in [0.25, 0.3) is 10.0 Å². The number of ether oxygens (including phenoxy) is 1. The second-order valence-corrected chi connectivity index (χ2v) is 11.2. The summed E-state index contributed by atoms with van der Waals surface area (Å²) in [5, 5.41) is 2.37. The molecule has 166 valence electrons. The van der Waals surface area contributed by atoms with Gasteiger partial charge in [-0.3, -0.25) is 9.88 Å². The molecule has 5 rings (SSSR count). The second-order valence-electron chi connectivity index (χ2n) is 7.70. The zero-order valence-corrected chi connectivity index (χ0v) is 19.4. The van der Waals surface area contributed by atoms with Gasteiger partial charge in [0, 0.05) is 53.2 Å². The number of carbonyl (C=O) groups excluding carboxylic acids is 1. The molecule has 0 radical (unpaired) electrons. The Hall–Kier alpha value is -2.46. The summed E-state index contributed by atoms with van der Waals surface area (Å²) < 4.78 is 34.0. The van der Waals surface area contributed by atoms with E-state index in [9.17, 15) is 13.2 Å². The molecule has 0 unspecified atom stereocenters. The summed E-state index contributed by atoms with van der Waals surface area (Å²) in [6.45, 7) is 0.835. The van der Waals surface area contributed by atoms with Crippen LogP contribution in [-0.2, 0) is 21.4 Å². The Morgan fingerprint density at radius 2 is 1.97 bits per heavy atom. The highest BCUT2D eigenvalue weighted by Crippen LogP contribution is 2.37. The Morgan fingerprint density at radius 1 is 1.16 bits per heavy atom. The number of halogens is 1. The number of nitrogens with zero attached hydrogens (tertiary/aromatic N) is 3. The Bertz CT molecular complexity index is 1260. The highest BCUT2D eigenvalue weighted by Gasteiger charge is 2.38. The van der Waals surface area contributed by atoms with Crippen LogP contribution in [0.4, 0.5) is 10.5 Å². The van der Waals surface area contributed by atoms with Gasteiger partial charge >= 0.3 is 6.09 Å². The molecule has 0 saturated carbocycles. The number of sulfonamides is 1. The summed E-state index contributed by atoms with van der Waals surface area (Å²) in [5.74, 6) is 0. The van der Waals surface area contributed by atoms with E-state index in [2.05, 4.69) is 4.98 Å². The van der Waals surface area contributed by atoms with Crippen molar-refractivity contribution in [3.05, 3.63) is 64.8 Å². The maximum atomic E-state index is 13.4. The summed E-state index contributed by atoms with van der Waals surface area (Å²) >= 11 is 7.30. The molecule has 1 aromatic carbocycles. The molecule has 2 aliphatic rings. The Labute approximate surface area is 195 Å². The summed E-state index contributed by atoms with van der Waals surface area (Å²) in [6.07, 6.45) is 3.96. The normalized spacial score (nSPS) is 17.8. The molecule has 0 N–H and O–H groups in total. The molecule has 1 saturated heterocycles. The Kier molecular flexibility index (Phi) is 5.66. The average Bonchev–Trinajstić information content (AvgIpc) is 3.31. The molecule has 3 aromatic rings. The van der Waals surface area contributed by atoms with Crippen LogP contribution in [0.1, 0.15) is 18.4 Å². The van der Waals surface area contributed by atoms with Gasteiger partial charge in [-0.2, -0.15) is 4.31 Å². The van der Waals surface area contributed by atoms with Gasteiger partial charge in [-0.15, -0.1) is 11.3 Å². The minimum atomic E-state index is -3.66. The van der Waals surface area contributed by atoms with Crippen molar-refractivity contribution in [2.75, 3.05) is 18.0 Å². The van der Waals surface area contributed by atoms with Crippen molar-refractivity contribution in [2.24, 2.45) is 0 Å². The monoisotopic (exact) mass is 489 g/mol. The van der Waals surface area contributed by atoms with E-state index in [1.807, 2.05) is 18.2 Å². The molecule has 4 heterocycles. The van der Waals surface area contributed by atoms with Gasteiger partial charge in [0.05, 0.1) is 5.69 Å². The lowest BCUT2D eigenvalue weighted by Crippen LogP contribution is -2.50. The van der Waals surface area contributed by atoms with E-state index in [-0.39, 0.29) is 12.6 Å². The Balaban J connectivity index is 1.36. The fourth-order valence-corrected chi connectivity index (χ4v) is 7.44. The van der Waals surface area contributed by atoms with Gasteiger partial charge in [0.2, 0.25) is 0 Å². The molecule has 7 nitrogen and oxygen atoms in total. The first-order valence-electron chi connectivity index (χ1n) is 10.2. The number of pyridine rings is 1. The van der Waals surface area contributed by atoms with Crippen LogP contribution in [0.15, 0.2) is 58.4 Å². The second kappa shape index (κ2) is 8.47. The highest BCUT2D eigenvalue weighted by atomic mass is 35.5. The predicted molar refractivity (Wildman–Crippen MR) is 123 cm³/mol. The van der Waals surface area contributed by atoms with Crippen molar-refractivity contribution in [2.45, 2.75) is 29.7 Å². The van der Waals surface area contributed by atoms with Gasteiger partial charge in [0.15, 0.2) is 0 Å². The van der Waals surface area contributed by atoms with Gasteiger partial charge in [-0.25, -0.2) is 13.2 Å². The molecule has 2 aromatic heterocycles. The number of amides is 1. The number of aromatic nitrogens is 1. The van der Waals surface area contributed by atoms with E-state index in [4.69, 9.17) is 16.3 Å². The molecular weight excluding hydrogens is 470 g/mol. The molecule has 0 bridgehead atoms. The number of thiophene rings is 1. The lowest BCUT2D eigenvalue weighted by molar-refractivity contribution is 0.136. The SMILES string of the molecule is O=C1OCc2cc(Cl)ccc2N1C1CCN(S(=O)(=O)c2sccc2-c2cccnc2)CC1. The number of carbonyl (C=O) groups is 1. The van der Waals surface area contributed by atoms with E-state index >= 15 is 0 Å². The average molecular weight is 490 g/mol. The van der Waals surface area contributed by atoms with Gasteiger partial charge in [-0.1, -0.05) is 17.7 Å². The standard InChI is InChI=1S/C22H20ClN3O4S2/c23-17-3-4-20-16(12-17)14-30-22(27)26(20)18-5-9-25(10-6-18)32(28,29)21-19(7-11-31-21)15-2-1-8-24-13-15/h1-4,7-8,11-13,18H,5-6,9-10,14H2. The minimum absolute atomic E-state index is 0.143. The fraction of sp³-hybridized carbons (Fsp3) is 0.273. The van der Waals surface area contributed by atoms with Crippen molar-refractivity contribution in [1.82, 2.24) is 9.29 Å². The van der Waals surface area contributed by atoms with Crippen LogP contribution in [0.2, 0.25) is 5.02 Å². The fourth-order valence-electron chi connectivity index (χ4n) is 4.25. The third-order valence-corrected chi connectivity index (χ3v) is 9.41. The zero-order chi connectivity index (χ0) is 22.3. The van der Waals surface area contributed by atoms with Crippen LogP contribution < -0.4 is 4.90 Å². The van der Waals surface area contributed by atoms with Crippen LogP contribution in [0.5, 0.6) is 0 Å². The molecule has 0 spiro atoms. The third kappa shape index (κ3) is 3.79. The number of cyclic esters (lactones) is 1. The first-order valence-corrected chi connectivity index (χ1v) is 12.9. The molecule has 0 aliphatic carbocycles. The van der Waals surface area contributed by atoms with Crippen molar-refractivity contribution < 1.29 is 17.9 Å². The molecule has 1 amide bonds. The lowest BCUT2D eigenvalue weighted by Gasteiger charge is -2.39. The summed E-state index contributed by atoms with van der Waals surface area (Å²) in [5.41, 5.74) is 3.07. The number of hydrogen-bond donors (Lipinski definition) is 0. The number of hydrogen-bond acceptors (Lipinski definition) is 6. The summed E-state index contributed by atoms with van der Waals surface area (Å²) in [7, 11) is -3.66. The minimum Gasteiger partial charge on any atom is -0.444 e. The number of anilines is 1. The number of benzene rings is 1. The topological polar surface area (TPSA) is 79.8 Å². The molecule has 2 aliphatic heterocycles. The smallest absolute Gasteiger partial charge is 0.414 e. The van der Waals surface area contributed by atoms with Crippen LogP contribution >= 0.6 is 22.9 Å². The van der Waals surface area contributed by atoms with Gasteiger partial charge < -0.3 is 4.74 Å². The molecule has 0 atom stereocenters. The van der Waals surface area contributed by atoms with Crippen LogP contribution in [-0.4, -0.2) is 42.9 Å². The van der Waals surface area contributed by atoms with Crippen molar-refractivity contribution >= 4 is 44.7 Å². The number of fused-ring (bicyclic) bond motifs is 1. The Morgan fingerprint density at radius 3 is 2.72 bits per heavy atom. The van der Waals surface area contributed by atoms with Gasteiger partial charge in [-0.05, 0) is 48.6 Å². The van der Waals surface area contributed by atoms with Crippen molar-refractivity contribution in [3.8, 4) is 11.1 Å². The maximum Gasteiger partial charge on any atom is 0.414 e. The third-order valence-electron chi connectivity index (χ3n) is 5.81. The van der Waals surface area contributed by atoms with Crippen LogP contribution in [0.3, 0.4) is 0 Å². The van der Waals surface area contributed by atoms with Crippen molar-refractivity contribution in [3.63, 3.8) is 0 Å². The first-order chi connectivity index (χ1) is 15.4. The highest BCUT2D eigenvalue weighted by molar-refractivity contribution is 7.91. The van der Waals surface area contributed by atoms with Crippen LogP contribution in [0.25, 0.3) is 11.1 Å². The van der Waals surface area contributed by atoms with E-state index in [1.54, 1.807) is 40.9 Å². The molecule has 32 heavy (non-hydrogen) atoms. The maximum absolute atomic E-state index is 13.4. The number of rotatable bonds is 4. The van der Waals surface area contributed by atoms with E-state index in [0.717, 1.165) is 16.8 Å². The van der Waals surface area contributed by atoms with Gasteiger partial charge in [0.1, 0.15) is 10.8 Å². The predicted octanol–water partition coefficient (Wildman–Crippen LogP) is 4.77. The zero-order valence-electron chi connectivity index (χ0n) is 17.0. The largest absolute Gasteiger partial charge is 0.444 e. The molecule has 10 heteroatoms. The number of piperidine rings is 1. The molecule has 1 fully saturated rings. The first kappa shape index (κ1) is 21.4. The summed E-state index contributed by atoms with van der Waals surface area (Å²) in [6, 6.07) is 10.7. The van der Waals surface area contributed by atoms with Crippen molar-refractivity contribution in [1.29, 1.82) is 0 Å². The molecular formula is C22H20ClN3O4S2. The quantitative estimate of drug-likeness (QED) is 0.527. The van der Waals surface area contributed by atoms with E-state index < -0.39 is 16.1 Å². The summed E-state index contributed by atoms with van der Waals surface area (Å²) in [4.78, 5) is 18.3. The van der Waals surface area contributed by atoms with E-state index in [0.29, 0.717) is 40.7 Å². The lowest BCUT2D eigenvalue weighted by atomic mass is 10.0.